The van der Waals surface area contributed by atoms with Crippen LogP contribution in [0.15, 0.2) is 65.3 Å². The summed E-state index contributed by atoms with van der Waals surface area (Å²) in [6.07, 6.45) is 3.28. The average molecular weight is 510 g/mol. The van der Waals surface area contributed by atoms with Gasteiger partial charge in [0, 0.05) is 5.92 Å². The number of carbonyl (C=O) groups excluding carboxylic acids is 2. The minimum absolute atomic E-state index is 0.101. The van der Waals surface area contributed by atoms with Crippen molar-refractivity contribution in [1.29, 1.82) is 0 Å². The largest absolute Gasteiger partial charge is 0.508 e. The first kappa shape index (κ1) is 26.1. The van der Waals surface area contributed by atoms with Crippen molar-refractivity contribution in [3.8, 4) is 5.75 Å². The number of para-hydroxylation sites is 1. The predicted octanol–water partition coefficient (Wildman–Crippen LogP) is 5.11. The molecule has 4 rings (SSSR count). The molecule has 0 unspecified atom stereocenters. The maximum absolute atomic E-state index is 13.4. The smallest absolute Gasteiger partial charge is 0.238 e. The number of nitrogens with zero attached hydrogens (tertiary/aromatic N) is 1. The number of aliphatic hydroxyl groups is 2. The Balaban J connectivity index is 1.54. The average Bonchev–Trinajstić information content (AvgIpc) is 3.11. The molecule has 0 aromatic heterocycles. The number of benzene rings is 2. The molecular formula is C29H32ClNO5. The van der Waals surface area contributed by atoms with Crippen LogP contribution in [0.25, 0.3) is 6.08 Å². The van der Waals surface area contributed by atoms with Gasteiger partial charge in [-0.25, -0.2) is 0 Å². The van der Waals surface area contributed by atoms with Crippen molar-refractivity contribution >= 4 is 35.2 Å². The normalized spacial score (nSPS) is 23.3. The Hall–Kier alpha value is -2.93. The van der Waals surface area contributed by atoms with Crippen LogP contribution in [0.5, 0.6) is 5.75 Å². The summed E-state index contributed by atoms with van der Waals surface area (Å²) >= 11 is 6.25. The van der Waals surface area contributed by atoms with Gasteiger partial charge in [0.25, 0.3) is 0 Å². The third-order valence-electron chi connectivity index (χ3n) is 7.44. The van der Waals surface area contributed by atoms with E-state index in [0.717, 1.165) is 23.1 Å². The van der Waals surface area contributed by atoms with E-state index < -0.39 is 23.9 Å². The summed E-state index contributed by atoms with van der Waals surface area (Å²) in [5, 5.41) is 31.6. The molecule has 0 spiro atoms. The van der Waals surface area contributed by atoms with Crippen LogP contribution in [-0.2, 0) is 9.59 Å². The maximum Gasteiger partial charge on any atom is 0.238 e. The molecule has 2 aliphatic rings. The summed E-state index contributed by atoms with van der Waals surface area (Å²) in [5.74, 6) is -2.29. The number of hydrogen-bond acceptors (Lipinski definition) is 5. The number of amides is 2. The highest BCUT2D eigenvalue weighted by atomic mass is 35.5. The zero-order valence-corrected chi connectivity index (χ0v) is 21.3. The van der Waals surface area contributed by atoms with Crippen molar-refractivity contribution in [2.45, 2.75) is 45.6 Å². The summed E-state index contributed by atoms with van der Waals surface area (Å²) in [7, 11) is 0. The van der Waals surface area contributed by atoms with Gasteiger partial charge in [-0.3, -0.25) is 14.5 Å². The number of aromatic hydroxyl groups is 1. The van der Waals surface area contributed by atoms with Crippen LogP contribution in [0.3, 0.4) is 0 Å². The van der Waals surface area contributed by atoms with E-state index >= 15 is 0 Å². The number of phenols is 1. The van der Waals surface area contributed by atoms with Crippen molar-refractivity contribution < 1.29 is 24.9 Å². The second-order valence-corrected chi connectivity index (χ2v) is 10.0. The number of hydrogen-bond donors (Lipinski definition) is 3. The summed E-state index contributed by atoms with van der Waals surface area (Å²) in [4.78, 5) is 27.9. The second-order valence-electron chi connectivity index (χ2n) is 9.63. The fourth-order valence-electron chi connectivity index (χ4n) is 5.63. The molecule has 1 saturated heterocycles. The van der Waals surface area contributed by atoms with Crippen LogP contribution in [0, 0.1) is 17.8 Å². The first-order valence-electron chi connectivity index (χ1n) is 12.4. The van der Waals surface area contributed by atoms with Crippen molar-refractivity contribution in [3.05, 3.63) is 75.8 Å². The maximum atomic E-state index is 13.4. The third kappa shape index (κ3) is 4.99. The van der Waals surface area contributed by atoms with Crippen LogP contribution in [0.4, 0.5) is 5.69 Å². The van der Waals surface area contributed by atoms with E-state index in [1.54, 1.807) is 36.4 Å². The predicted molar refractivity (Wildman–Crippen MR) is 140 cm³/mol. The number of allylic oxidation sites excluding steroid dienone is 2. The van der Waals surface area contributed by atoms with Gasteiger partial charge in [-0.2, -0.15) is 0 Å². The molecule has 3 N–H and O–H groups in total. The molecular weight excluding hydrogens is 478 g/mol. The lowest BCUT2D eigenvalue weighted by molar-refractivity contribution is -0.123. The van der Waals surface area contributed by atoms with Crippen LogP contribution in [-0.4, -0.2) is 39.8 Å². The van der Waals surface area contributed by atoms with Crippen LogP contribution >= 0.6 is 11.6 Å². The van der Waals surface area contributed by atoms with Crippen molar-refractivity contribution in [2.75, 3.05) is 11.5 Å². The van der Waals surface area contributed by atoms with E-state index in [2.05, 4.69) is 0 Å². The van der Waals surface area contributed by atoms with E-state index in [4.69, 9.17) is 11.6 Å². The Morgan fingerprint density at radius 2 is 1.89 bits per heavy atom. The minimum Gasteiger partial charge on any atom is -0.508 e. The molecule has 1 fully saturated rings. The lowest BCUT2D eigenvalue weighted by Crippen LogP contribution is -2.38. The highest BCUT2D eigenvalue weighted by molar-refractivity contribution is 6.32. The molecule has 2 aromatic carbocycles. The fourth-order valence-corrected chi connectivity index (χ4v) is 5.86. The zero-order chi connectivity index (χ0) is 26.0. The van der Waals surface area contributed by atoms with Crippen LogP contribution in [0.1, 0.15) is 45.1 Å². The van der Waals surface area contributed by atoms with Gasteiger partial charge in [0.2, 0.25) is 11.8 Å². The highest BCUT2D eigenvalue weighted by Crippen LogP contribution is 2.47. The van der Waals surface area contributed by atoms with E-state index in [9.17, 15) is 24.9 Å². The molecule has 1 aliphatic heterocycles. The van der Waals surface area contributed by atoms with Gasteiger partial charge in [0.05, 0.1) is 35.3 Å². The van der Waals surface area contributed by atoms with Crippen molar-refractivity contribution in [1.82, 2.24) is 0 Å². The molecule has 190 valence electrons. The van der Waals surface area contributed by atoms with Gasteiger partial charge < -0.3 is 15.3 Å². The lowest BCUT2D eigenvalue weighted by atomic mass is 9.68. The van der Waals surface area contributed by atoms with Gasteiger partial charge in [-0.15, -0.1) is 0 Å². The molecule has 7 heteroatoms. The summed E-state index contributed by atoms with van der Waals surface area (Å²) in [6.45, 7) is 3.60. The number of imide groups is 1. The molecule has 36 heavy (non-hydrogen) atoms. The molecule has 0 bridgehead atoms. The monoisotopic (exact) mass is 509 g/mol. The van der Waals surface area contributed by atoms with E-state index in [1.165, 1.54) is 11.0 Å². The van der Waals surface area contributed by atoms with Crippen molar-refractivity contribution in [3.63, 3.8) is 0 Å². The summed E-state index contributed by atoms with van der Waals surface area (Å²) in [5.41, 5.74) is 3.94. The first-order chi connectivity index (χ1) is 17.3. The Kier molecular flexibility index (Phi) is 7.98. The lowest BCUT2D eigenvalue weighted by Gasteiger charge is -2.35. The second kappa shape index (κ2) is 11.0. The number of aliphatic hydroxyl groups excluding tert-OH is 2. The van der Waals surface area contributed by atoms with Gasteiger partial charge in [-0.1, -0.05) is 53.9 Å². The number of phenolic OH excluding ortho intramolecular Hbond substituents is 1. The molecule has 2 aromatic rings. The van der Waals surface area contributed by atoms with Crippen molar-refractivity contribution in [2.24, 2.45) is 17.8 Å². The van der Waals surface area contributed by atoms with E-state index in [1.807, 2.05) is 26.0 Å². The summed E-state index contributed by atoms with van der Waals surface area (Å²) in [6, 6.07) is 13.7. The number of carbonyl (C=O) groups is 2. The van der Waals surface area contributed by atoms with Crippen LogP contribution < -0.4 is 4.90 Å². The van der Waals surface area contributed by atoms with Crippen LogP contribution in [0.2, 0.25) is 5.02 Å². The highest BCUT2D eigenvalue weighted by Gasteiger charge is 2.54. The van der Waals surface area contributed by atoms with Gasteiger partial charge >= 0.3 is 0 Å². The quantitative estimate of drug-likeness (QED) is 0.339. The van der Waals surface area contributed by atoms with E-state index in [0.29, 0.717) is 35.5 Å². The fraction of sp³-hybridized carbons (Fsp3) is 0.379. The van der Waals surface area contributed by atoms with Gasteiger partial charge in [0.1, 0.15) is 5.75 Å². The zero-order valence-electron chi connectivity index (χ0n) is 20.5. The third-order valence-corrected chi connectivity index (χ3v) is 7.76. The minimum atomic E-state index is -0.845. The molecule has 0 saturated carbocycles. The SMILES string of the molecule is CC/C(=C\c1ccc(O)cc1Cl)CC[C@@H](O)C1=C(C)C[C@H]2C(=O)N(c3ccccc3)C(=O)[C@H]2[C@H]1CO. The van der Waals surface area contributed by atoms with Gasteiger partial charge in [-0.05, 0) is 74.1 Å². The molecule has 0 radical (unpaired) electrons. The first-order valence-corrected chi connectivity index (χ1v) is 12.7. The topological polar surface area (TPSA) is 98.1 Å². The Morgan fingerprint density at radius 1 is 1.17 bits per heavy atom. The number of rotatable bonds is 8. The van der Waals surface area contributed by atoms with Gasteiger partial charge in [0.15, 0.2) is 0 Å². The number of halogens is 1. The summed E-state index contributed by atoms with van der Waals surface area (Å²) < 4.78 is 0. The molecule has 6 nitrogen and oxygen atoms in total. The molecule has 1 aliphatic carbocycles. The molecule has 4 atom stereocenters. The Morgan fingerprint density at radius 3 is 2.53 bits per heavy atom. The number of fused-ring (bicyclic) bond motifs is 1. The molecule has 1 heterocycles. The molecule has 2 amide bonds. The Bertz CT molecular complexity index is 1210. The standard InChI is InChI=1S/C29H32ClNO5/c1-3-18(14-19-10-11-21(33)15-24(19)30)9-12-25(34)26-17(2)13-22-27(23(26)16-32)29(36)31(28(22)35)20-7-5-4-6-8-20/h4-8,10-11,14-15,22-23,25,27,32-34H,3,9,12-13,16H2,1-2H3/b18-14+/t22-,23+,25-,27-/m1/s1. The number of anilines is 1. The van der Waals surface area contributed by atoms with E-state index in [-0.39, 0.29) is 24.2 Å². The Labute approximate surface area is 216 Å².